The van der Waals surface area contributed by atoms with E-state index < -0.39 is 0 Å². The number of carbonyl (C=O) groups excluding carboxylic acids is 3. The highest BCUT2D eigenvalue weighted by molar-refractivity contribution is 6.05. The van der Waals surface area contributed by atoms with E-state index in [2.05, 4.69) is 0 Å². The lowest BCUT2D eigenvalue weighted by Crippen LogP contribution is -2.40. The van der Waals surface area contributed by atoms with Crippen LogP contribution in [0, 0.1) is 12.8 Å². The molecular weight excluding hydrogens is 452 g/mol. The maximum atomic E-state index is 12.7. The lowest BCUT2D eigenvalue weighted by molar-refractivity contribution is -0.142. The van der Waals surface area contributed by atoms with Gasteiger partial charge >= 0.3 is 5.97 Å². The van der Waals surface area contributed by atoms with E-state index >= 15 is 0 Å². The van der Waals surface area contributed by atoms with Gasteiger partial charge in [0.15, 0.2) is 0 Å². The molecule has 0 N–H and O–H groups in total. The number of ether oxygens (including phenoxy) is 1. The summed E-state index contributed by atoms with van der Waals surface area (Å²) >= 11 is 0. The smallest absolute Gasteiger partial charge is 0.314 e. The predicted molar refractivity (Wildman–Crippen MR) is 141 cm³/mol. The van der Waals surface area contributed by atoms with Crippen molar-refractivity contribution < 1.29 is 19.1 Å². The molecule has 0 saturated carbocycles. The first-order valence-corrected chi connectivity index (χ1v) is 12.1. The monoisotopic (exact) mass is 482 g/mol. The molecule has 1 heterocycles. The number of aryl methyl sites for hydroxylation is 1. The van der Waals surface area contributed by atoms with Gasteiger partial charge in [0.1, 0.15) is 5.75 Å². The minimum Gasteiger partial charge on any atom is -0.426 e. The molecule has 6 nitrogen and oxygen atoms in total. The summed E-state index contributed by atoms with van der Waals surface area (Å²) in [6.45, 7) is 3.01. The Balaban J connectivity index is 1.27. The largest absolute Gasteiger partial charge is 0.426 e. The molecule has 6 heteroatoms. The second-order valence-corrected chi connectivity index (χ2v) is 8.99. The fraction of sp³-hybridized carbons (Fsp3) is 0.233. The zero-order valence-corrected chi connectivity index (χ0v) is 20.6. The van der Waals surface area contributed by atoms with E-state index in [1.54, 1.807) is 53.3 Å². The van der Waals surface area contributed by atoms with Gasteiger partial charge < -0.3 is 14.5 Å². The first kappa shape index (κ1) is 24.9. The first-order chi connectivity index (χ1) is 17.4. The Morgan fingerprint density at radius 2 is 1.53 bits per heavy atom. The van der Waals surface area contributed by atoms with E-state index in [1.807, 2.05) is 61.5 Å². The van der Waals surface area contributed by atoms with Crippen LogP contribution in [0.2, 0.25) is 0 Å². The molecule has 184 valence electrons. The van der Waals surface area contributed by atoms with Gasteiger partial charge in [-0.25, -0.2) is 0 Å². The van der Waals surface area contributed by atoms with E-state index in [0.29, 0.717) is 42.9 Å². The van der Waals surface area contributed by atoms with Crippen LogP contribution in [0.3, 0.4) is 0 Å². The third-order valence-corrected chi connectivity index (χ3v) is 6.40. The fourth-order valence-corrected chi connectivity index (χ4v) is 4.12. The highest BCUT2D eigenvalue weighted by Gasteiger charge is 2.28. The molecule has 0 radical (unpaired) electrons. The van der Waals surface area contributed by atoms with Crippen LogP contribution >= 0.6 is 0 Å². The Bertz CT molecular complexity index is 1230. The summed E-state index contributed by atoms with van der Waals surface area (Å²) < 4.78 is 5.59. The second kappa shape index (κ2) is 11.5. The number of benzene rings is 3. The molecule has 0 unspecified atom stereocenters. The quantitative estimate of drug-likeness (QED) is 0.278. The van der Waals surface area contributed by atoms with E-state index in [0.717, 1.165) is 11.1 Å². The van der Waals surface area contributed by atoms with Crippen LogP contribution < -0.4 is 9.64 Å². The van der Waals surface area contributed by atoms with Crippen molar-refractivity contribution in [1.82, 2.24) is 4.90 Å². The van der Waals surface area contributed by atoms with Crippen molar-refractivity contribution in [2.75, 3.05) is 25.0 Å². The SMILES string of the molecule is Cc1ccc(C(=O)N(C)c2ccc(OC(=O)C3CCN(C(=O)/C=C/c4ccccc4)CC3)cc2)cc1. The van der Waals surface area contributed by atoms with Crippen LogP contribution in [0.1, 0.15) is 34.3 Å². The zero-order chi connectivity index (χ0) is 25.5. The Morgan fingerprint density at radius 1 is 0.889 bits per heavy atom. The lowest BCUT2D eigenvalue weighted by Gasteiger charge is -2.30. The minimum absolute atomic E-state index is 0.0504. The number of carbonyl (C=O) groups is 3. The molecule has 0 aromatic heterocycles. The van der Waals surface area contributed by atoms with Gasteiger partial charge in [-0.05, 0) is 67.8 Å². The third kappa shape index (κ3) is 6.27. The molecule has 3 aromatic carbocycles. The van der Waals surface area contributed by atoms with Gasteiger partial charge in [-0.3, -0.25) is 14.4 Å². The standard InChI is InChI=1S/C30H30N2O4/c1-22-8-11-24(12-9-22)29(34)31(2)26-13-15-27(16-14-26)36-30(35)25-18-20-32(21-19-25)28(33)17-10-23-6-4-3-5-7-23/h3-17,25H,18-21H2,1-2H3/b17-10+. The predicted octanol–water partition coefficient (Wildman–Crippen LogP) is 5.13. The Hall–Kier alpha value is -4.19. The molecule has 2 amide bonds. The van der Waals surface area contributed by atoms with Crippen LogP contribution in [-0.4, -0.2) is 42.8 Å². The summed E-state index contributed by atoms with van der Waals surface area (Å²) in [6.07, 6.45) is 4.51. The van der Waals surface area contributed by atoms with Crippen molar-refractivity contribution in [2.24, 2.45) is 5.92 Å². The summed E-state index contributed by atoms with van der Waals surface area (Å²) in [5.74, 6) is -0.272. The number of amides is 2. The van der Waals surface area contributed by atoms with Gasteiger partial charge in [0.2, 0.25) is 5.91 Å². The highest BCUT2D eigenvalue weighted by Crippen LogP contribution is 2.24. The van der Waals surface area contributed by atoms with Gasteiger partial charge in [-0.1, -0.05) is 48.0 Å². The normalized spacial score (nSPS) is 14.0. The van der Waals surface area contributed by atoms with Crippen molar-refractivity contribution in [2.45, 2.75) is 19.8 Å². The fourth-order valence-electron chi connectivity index (χ4n) is 4.12. The number of piperidine rings is 1. The zero-order valence-electron chi connectivity index (χ0n) is 20.6. The molecule has 0 atom stereocenters. The topological polar surface area (TPSA) is 66.9 Å². The first-order valence-electron chi connectivity index (χ1n) is 12.1. The van der Waals surface area contributed by atoms with E-state index in [9.17, 15) is 14.4 Å². The molecule has 3 aromatic rings. The molecule has 1 aliphatic heterocycles. The molecule has 1 aliphatic rings. The summed E-state index contributed by atoms with van der Waals surface area (Å²) in [5, 5.41) is 0. The summed E-state index contributed by atoms with van der Waals surface area (Å²) in [6, 6.07) is 24.0. The summed E-state index contributed by atoms with van der Waals surface area (Å²) in [5.41, 5.74) is 3.38. The average molecular weight is 483 g/mol. The number of hydrogen-bond donors (Lipinski definition) is 0. The molecule has 0 aliphatic carbocycles. The van der Waals surface area contributed by atoms with E-state index in [1.165, 1.54) is 0 Å². The molecular formula is C30H30N2O4. The van der Waals surface area contributed by atoms with E-state index in [-0.39, 0.29) is 23.7 Å². The number of hydrogen-bond acceptors (Lipinski definition) is 4. The van der Waals surface area contributed by atoms with Crippen LogP contribution in [-0.2, 0) is 9.59 Å². The van der Waals surface area contributed by atoms with E-state index in [4.69, 9.17) is 4.74 Å². The Kier molecular flexibility index (Phi) is 7.95. The molecule has 36 heavy (non-hydrogen) atoms. The molecule has 4 rings (SSSR count). The molecule has 0 spiro atoms. The van der Waals surface area contributed by atoms with Crippen molar-refractivity contribution in [3.05, 3.63) is 102 Å². The van der Waals surface area contributed by atoms with Crippen molar-refractivity contribution >= 4 is 29.5 Å². The number of anilines is 1. The summed E-state index contributed by atoms with van der Waals surface area (Å²) in [4.78, 5) is 41.2. The molecule has 1 saturated heterocycles. The van der Waals surface area contributed by atoms with Gasteiger partial charge in [0.05, 0.1) is 5.92 Å². The number of likely N-dealkylation sites (tertiary alicyclic amines) is 1. The summed E-state index contributed by atoms with van der Waals surface area (Å²) in [7, 11) is 1.72. The molecule has 0 bridgehead atoms. The van der Waals surface area contributed by atoms with Gasteiger partial charge in [0.25, 0.3) is 5.91 Å². The Labute approximate surface area is 211 Å². The minimum atomic E-state index is -0.293. The van der Waals surface area contributed by atoms with Gasteiger partial charge in [0, 0.05) is 37.5 Å². The molecule has 1 fully saturated rings. The second-order valence-electron chi connectivity index (χ2n) is 8.99. The van der Waals surface area contributed by atoms with Crippen molar-refractivity contribution in [3.63, 3.8) is 0 Å². The van der Waals surface area contributed by atoms with Gasteiger partial charge in [-0.15, -0.1) is 0 Å². The number of nitrogens with zero attached hydrogens (tertiary/aromatic N) is 2. The number of esters is 1. The van der Waals surface area contributed by atoms with Crippen LogP contribution in [0.4, 0.5) is 5.69 Å². The van der Waals surface area contributed by atoms with Crippen LogP contribution in [0.15, 0.2) is 84.9 Å². The maximum absolute atomic E-state index is 12.7. The lowest BCUT2D eigenvalue weighted by atomic mass is 9.97. The average Bonchev–Trinajstić information content (AvgIpc) is 2.92. The maximum Gasteiger partial charge on any atom is 0.314 e. The number of rotatable bonds is 6. The van der Waals surface area contributed by atoms with Crippen LogP contribution in [0.5, 0.6) is 5.75 Å². The van der Waals surface area contributed by atoms with Crippen molar-refractivity contribution in [1.29, 1.82) is 0 Å². The van der Waals surface area contributed by atoms with Crippen molar-refractivity contribution in [3.8, 4) is 5.75 Å². The van der Waals surface area contributed by atoms with Gasteiger partial charge in [-0.2, -0.15) is 0 Å². The van der Waals surface area contributed by atoms with Crippen LogP contribution in [0.25, 0.3) is 6.08 Å². The Morgan fingerprint density at radius 3 is 2.17 bits per heavy atom. The highest BCUT2D eigenvalue weighted by atomic mass is 16.5. The third-order valence-electron chi connectivity index (χ3n) is 6.40.